The van der Waals surface area contributed by atoms with E-state index in [1.54, 1.807) is 24.3 Å². The van der Waals surface area contributed by atoms with E-state index < -0.39 is 6.61 Å². The molecule has 1 N–H and O–H groups in total. The van der Waals surface area contributed by atoms with Crippen molar-refractivity contribution in [1.82, 2.24) is 4.90 Å². The molecule has 1 aliphatic heterocycles. The topological polar surface area (TPSA) is 74.7 Å². The predicted molar refractivity (Wildman–Crippen MR) is 58.5 cm³/mol. The molecule has 0 bridgehead atoms. The maximum Gasteiger partial charge on any atom is 0.261 e. The molecule has 0 fully saturated rings. The summed E-state index contributed by atoms with van der Waals surface area (Å²) in [5.41, 5.74) is 0.739. The van der Waals surface area contributed by atoms with Crippen LogP contribution >= 0.6 is 0 Å². The highest BCUT2D eigenvalue weighted by molar-refractivity contribution is 6.21. The number of hydrogen-bond acceptors (Lipinski definition) is 4. The Morgan fingerprint density at radius 1 is 1.12 bits per heavy atom. The van der Waals surface area contributed by atoms with Gasteiger partial charge < -0.3 is 5.11 Å². The number of Topliss-reactive ketones (excluding diaryl/α,β-unsaturated/α-hetero) is 1. The number of aliphatic hydroxyl groups is 1. The lowest BCUT2D eigenvalue weighted by atomic mass is 10.1. The van der Waals surface area contributed by atoms with E-state index in [1.807, 2.05) is 0 Å². The van der Waals surface area contributed by atoms with Crippen molar-refractivity contribution in [1.29, 1.82) is 0 Å². The number of aliphatic hydroxyl groups excluding tert-OH is 1. The number of imide groups is 1. The van der Waals surface area contributed by atoms with E-state index in [4.69, 9.17) is 5.11 Å². The average Bonchev–Trinajstić information content (AvgIpc) is 2.60. The zero-order valence-corrected chi connectivity index (χ0v) is 9.05. The Kier molecular flexibility index (Phi) is 3.01. The van der Waals surface area contributed by atoms with E-state index in [2.05, 4.69) is 0 Å². The molecule has 88 valence electrons. The van der Waals surface area contributed by atoms with Gasteiger partial charge >= 0.3 is 0 Å². The molecule has 0 aliphatic carbocycles. The molecule has 0 unspecified atom stereocenters. The average molecular weight is 233 g/mol. The smallest absolute Gasteiger partial charge is 0.261 e. The van der Waals surface area contributed by atoms with Gasteiger partial charge in [-0.1, -0.05) is 12.1 Å². The summed E-state index contributed by atoms with van der Waals surface area (Å²) in [4.78, 5) is 35.7. The first-order valence-electron chi connectivity index (χ1n) is 5.23. The summed E-state index contributed by atoms with van der Waals surface area (Å²) < 4.78 is 0. The van der Waals surface area contributed by atoms with Gasteiger partial charge in [-0.05, 0) is 12.1 Å². The molecule has 0 spiro atoms. The molecule has 0 radical (unpaired) electrons. The molecule has 1 aromatic rings. The fourth-order valence-corrected chi connectivity index (χ4v) is 1.76. The second-order valence-corrected chi connectivity index (χ2v) is 3.75. The Morgan fingerprint density at radius 3 is 2.12 bits per heavy atom. The third-order valence-electron chi connectivity index (χ3n) is 2.67. The van der Waals surface area contributed by atoms with Gasteiger partial charge in [0.1, 0.15) is 6.61 Å². The molecule has 5 heteroatoms. The van der Waals surface area contributed by atoms with Gasteiger partial charge in [-0.3, -0.25) is 19.3 Å². The van der Waals surface area contributed by atoms with E-state index in [0.29, 0.717) is 11.1 Å². The van der Waals surface area contributed by atoms with Crippen molar-refractivity contribution in [2.45, 2.75) is 6.42 Å². The number of hydrogen-bond donors (Lipinski definition) is 1. The first-order chi connectivity index (χ1) is 8.15. The van der Waals surface area contributed by atoms with Crippen LogP contribution in [-0.4, -0.2) is 40.8 Å². The third-order valence-corrected chi connectivity index (χ3v) is 2.67. The number of carbonyl (C=O) groups excluding carboxylic acids is 3. The summed E-state index contributed by atoms with van der Waals surface area (Å²) in [7, 11) is 0. The number of amides is 2. The van der Waals surface area contributed by atoms with Crippen LogP contribution in [0.25, 0.3) is 0 Å². The van der Waals surface area contributed by atoms with E-state index in [0.717, 1.165) is 4.90 Å². The molecule has 0 saturated carbocycles. The second kappa shape index (κ2) is 4.47. The number of ketones is 1. The molecule has 0 saturated heterocycles. The molecule has 5 nitrogen and oxygen atoms in total. The molecule has 1 aliphatic rings. The van der Waals surface area contributed by atoms with E-state index in [1.165, 1.54) is 0 Å². The fourth-order valence-electron chi connectivity index (χ4n) is 1.76. The number of rotatable bonds is 4. The maximum absolute atomic E-state index is 11.8. The summed E-state index contributed by atoms with van der Waals surface area (Å²) in [6, 6.07) is 6.55. The molecule has 1 heterocycles. The number of fused-ring (bicyclic) bond motifs is 1. The summed E-state index contributed by atoms with van der Waals surface area (Å²) in [6.07, 6.45) is -0.0119. The largest absolute Gasteiger partial charge is 0.389 e. The Morgan fingerprint density at radius 2 is 1.65 bits per heavy atom. The number of carbonyl (C=O) groups is 3. The van der Waals surface area contributed by atoms with Crippen molar-refractivity contribution in [3.63, 3.8) is 0 Å². The Labute approximate surface area is 97.7 Å². The molecule has 0 atom stereocenters. The van der Waals surface area contributed by atoms with Crippen molar-refractivity contribution >= 4 is 17.6 Å². The van der Waals surface area contributed by atoms with Crippen molar-refractivity contribution < 1.29 is 19.5 Å². The lowest BCUT2D eigenvalue weighted by molar-refractivity contribution is -0.121. The highest BCUT2D eigenvalue weighted by Gasteiger charge is 2.34. The summed E-state index contributed by atoms with van der Waals surface area (Å²) in [6.45, 7) is -0.547. The van der Waals surface area contributed by atoms with Crippen LogP contribution in [0.4, 0.5) is 0 Å². The first kappa shape index (κ1) is 11.5. The molecule has 2 amide bonds. The van der Waals surface area contributed by atoms with Crippen molar-refractivity contribution in [2.75, 3.05) is 13.2 Å². The SMILES string of the molecule is O=C(CO)CCN1C(=O)c2ccccc2C1=O. The van der Waals surface area contributed by atoms with Crippen molar-refractivity contribution in [3.8, 4) is 0 Å². The maximum atomic E-state index is 11.8. The number of nitrogens with zero attached hydrogens (tertiary/aromatic N) is 1. The lowest BCUT2D eigenvalue weighted by Crippen LogP contribution is -2.32. The van der Waals surface area contributed by atoms with Gasteiger partial charge in [-0.15, -0.1) is 0 Å². The van der Waals surface area contributed by atoms with Gasteiger partial charge in [0.25, 0.3) is 11.8 Å². The minimum absolute atomic E-state index is 0.0119. The van der Waals surface area contributed by atoms with E-state index in [9.17, 15) is 14.4 Å². The van der Waals surface area contributed by atoms with Crippen LogP contribution in [0.5, 0.6) is 0 Å². The third kappa shape index (κ3) is 1.97. The summed E-state index contributed by atoms with van der Waals surface area (Å²) in [5.74, 6) is -1.14. The quantitative estimate of drug-likeness (QED) is 0.755. The molecular formula is C12H11NO4. The Balaban J connectivity index is 2.16. The number of benzene rings is 1. The second-order valence-electron chi connectivity index (χ2n) is 3.75. The fraction of sp³-hybridized carbons (Fsp3) is 0.250. The van der Waals surface area contributed by atoms with Gasteiger partial charge in [0, 0.05) is 13.0 Å². The standard InChI is InChI=1S/C12H11NO4/c14-7-8(15)5-6-13-11(16)9-3-1-2-4-10(9)12(13)17/h1-4,14H,5-7H2. The van der Waals surface area contributed by atoms with Crippen LogP contribution in [0.3, 0.4) is 0 Å². The molecule has 17 heavy (non-hydrogen) atoms. The normalized spacial score (nSPS) is 14.1. The molecule has 0 aromatic heterocycles. The monoisotopic (exact) mass is 233 g/mol. The zero-order valence-electron chi connectivity index (χ0n) is 9.05. The lowest BCUT2D eigenvalue weighted by Gasteiger charge is -2.12. The van der Waals surface area contributed by atoms with Crippen LogP contribution in [0, 0.1) is 0 Å². The Hall–Kier alpha value is -2.01. The van der Waals surface area contributed by atoms with Crippen molar-refractivity contribution in [3.05, 3.63) is 35.4 Å². The predicted octanol–water partition coefficient (Wildman–Crippen LogP) is 0.234. The van der Waals surface area contributed by atoms with E-state index >= 15 is 0 Å². The molecule has 2 rings (SSSR count). The zero-order chi connectivity index (χ0) is 12.4. The van der Waals surface area contributed by atoms with Gasteiger partial charge in [0.15, 0.2) is 5.78 Å². The summed E-state index contributed by atoms with van der Waals surface area (Å²) in [5, 5.41) is 8.58. The minimum Gasteiger partial charge on any atom is -0.389 e. The van der Waals surface area contributed by atoms with Crippen LogP contribution in [-0.2, 0) is 4.79 Å². The van der Waals surface area contributed by atoms with Crippen LogP contribution in [0.2, 0.25) is 0 Å². The van der Waals surface area contributed by atoms with Crippen molar-refractivity contribution in [2.24, 2.45) is 0 Å². The summed E-state index contributed by atoms with van der Waals surface area (Å²) >= 11 is 0. The highest BCUT2D eigenvalue weighted by atomic mass is 16.3. The highest BCUT2D eigenvalue weighted by Crippen LogP contribution is 2.22. The Bertz CT molecular complexity index is 460. The van der Waals surface area contributed by atoms with E-state index in [-0.39, 0.29) is 30.6 Å². The molecule has 1 aromatic carbocycles. The van der Waals surface area contributed by atoms with Gasteiger partial charge in [0.2, 0.25) is 0 Å². The van der Waals surface area contributed by atoms with Crippen LogP contribution in [0.15, 0.2) is 24.3 Å². The van der Waals surface area contributed by atoms with Gasteiger partial charge in [-0.25, -0.2) is 0 Å². The first-order valence-corrected chi connectivity index (χ1v) is 5.23. The van der Waals surface area contributed by atoms with Gasteiger partial charge in [0.05, 0.1) is 11.1 Å². The van der Waals surface area contributed by atoms with Crippen LogP contribution in [0.1, 0.15) is 27.1 Å². The molecular weight excluding hydrogens is 222 g/mol. The minimum atomic E-state index is -0.566. The van der Waals surface area contributed by atoms with Gasteiger partial charge in [-0.2, -0.15) is 0 Å². The van der Waals surface area contributed by atoms with Crippen LogP contribution < -0.4 is 0 Å².